The fourth-order valence-corrected chi connectivity index (χ4v) is 9.20. The van der Waals surface area contributed by atoms with Gasteiger partial charge in [-0.05, 0) is 63.7 Å². The molecule has 3 heterocycles. The zero-order valence-electron chi connectivity index (χ0n) is 30.2. The lowest BCUT2D eigenvalue weighted by Gasteiger charge is -2.12. The third-order valence-electron chi connectivity index (χ3n) is 10.7. The van der Waals surface area contributed by atoms with Crippen LogP contribution in [-0.4, -0.2) is 19.5 Å². The predicted molar refractivity (Wildman–Crippen MR) is 234 cm³/mol. The predicted octanol–water partition coefficient (Wildman–Crippen LogP) is 13.7. The Kier molecular flexibility index (Phi) is 7.64. The molecule has 0 radical (unpaired) electrons. The molecule has 11 rings (SSSR count). The summed E-state index contributed by atoms with van der Waals surface area (Å²) in [5, 5.41) is 4.90. The standard InChI is InChI=1S/C51H32N4S/c1-3-13-33(14-4-1)35-25-27-36(28-26-35)49-52-50(39-18-11-17-37(31-39)34-15-5-2-6-16-34)54-51(53-49)55-45-23-9-7-19-41(45)44-32-38(29-30-46(44)55)40-21-12-22-43-42-20-8-10-24-47(42)56-48(40)43/h1-32H. The van der Waals surface area contributed by atoms with E-state index in [4.69, 9.17) is 15.0 Å². The van der Waals surface area contributed by atoms with Crippen LogP contribution in [0.25, 0.3) is 104 Å². The third-order valence-corrected chi connectivity index (χ3v) is 11.9. The van der Waals surface area contributed by atoms with Gasteiger partial charge in [0.25, 0.3) is 0 Å². The van der Waals surface area contributed by atoms with Gasteiger partial charge in [0.15, 0.2) is 11.6 Å². The molecule has 8 aromatic carbocycles. The number of fused-ring (bicyclic) bond motifs is 6. The van der Waals surface area contributed by atoms with Crippen LogP contribution in [-0.2, 0) is 0 Å². The van der Waals surface area contributed by atoms with E-state index in [9.17, 15) is 0 Å². The van der Waals surface area contributed by atoms with Crippen LogP contribution in [0.5, 0.6) is 0 Å². The molecule has 0 N–H and O–H groups in total. The number of benzene rings is 8. The quantitative estimate of drug-likeness (QED) is 0.171. The highest BCUT2D eigenvalue weighted by atomic mass is 32.1. The molecule has 0 unspecified atom stereocenters. The molecule has 0 bridgehead atoms. The Labute approximate surface area is 327 Å². The Morgan fingerprint density at radius 3 is 1.70 bits per heavy atom. The molecule has 0 aliphatic carbocycles. The van der Waals surface area contributed by atoms with Gasteiger partial charge in [0.1, 0.15) is 0 Å². The summed E-state index contributed by atoms with van der Waals surface area (Å²) in [4.78, 5) is 15.7. The van der Waals surface area contributed by atoms with Crippen molar-refractivity contribution in [3.05, 3.63) is 194 Å². The van der Waals surface area contributed by atoms with Crippen LogP contribution in [0.15, 0.2) is 194 Å². The normalized spacial score (nSPS) is 11.6. The Morgan fingerprint density at radius 2 is 0.893 bits per heavy atom. The Hall–Kier alpha value is -7.21. The van der Waals surface area contributed by atoms with Crippen LogP contribution in [0.3, 0.4) is 0 Å². The molecule has 4 nitrogen and oxygen atoms in total. The summed E-state index contributed by atoms with van der Waals surface area (Å²) >= 11 is 1.86. The maximum atomic E-state index is 5.26. The van der Waals surface area contributed by atoms with Gasteiger partial charge in [-0.1, -0.05) is 164 Å². The van der Waals surface area contributed by atoms with Crippen molar-refractivity contribution in [3.63, 3.8) is 0 Å². The Balaban J connectivity index is 1.11. The number of para-hydroxylation sites is 1. The van der Waals surface area contributed by atoms with E-state index in [1.165, 1.54) is 36.9 Å². The Morgan fingerprint density at radius 1 is 0.339 bits per heavy atom. The summed E-state index contributed by atoms with van der Waals surface area (Å²) in [6.07, 6.45) is 0. The molecule has 0 saturated heterocycles. The molecule has 56 heavy (non-hydrogen) atoms. The largest absolute Gasteiger partial charge is 0.278 e. The van der Waals surface area contributed by atoms with Crippen molar-refractivity contribution >= 4 is 53.3 Å². The van der Waals surface area contributed by atoms with E-state index in [1.54, 1.807) is 0 Å². The molecular formula is C51H32N4S. The molecule has 5 heteroatoms. The molecule has 0 aliphatic rings. The van der Waals surface area contributed by atoms with Crippen LogP contribution in [0.1, 0.15) is 0 Å². The van der Waals surface area contributed by atoms with E-state index in [0.717, 1.165) is 49.6 Å². The van der Waals surface area contributed by atoms with Crippen LogP contribution < -0.4 is 0 Å². The van der Waals surface area contributed by atoms with Gasteiger partial charge in [0.2, 0.25) is 5.95 Å². The molecule has 11 aromatic rings. The van der Waals surface area contributed by atoms with E-state index < -0.39 is 0 Å². The van der Waals surface area contributed by atoms with Gasteiger partial charge in [0.05, 0.1) is 11.0 Å². The van der Waals surface area contributed by atoms with E-state index in [2.05, 4.69) is 187 Å². The average molecular weight is 733 g/mol. The molecule has 0 spiro atoms. The first-order chi connectivity index (χ1) is 27.7. The molecule has 0 atom stereocenters. The molecule has 3 aromatic heterocycles. The van der Waals surface area contributed by atoms with Gasteiger partial charge in [-0.2, -0.15) is 9.97 Å². The molecule has 0 fully saturated rings. The van der Waals surface area contributed by atoms with Gasteiger partial charge in [-0.3, -0.25) is 4.57 Å². The van der Waals surface area contributed by atoms with Crippen molar-refractivity contribution in [3.8, 4) is 62.1 Å². The number of aromatic nitrogens is 4. The molecule has 0 saturated carbocycles. The minimum absolute atomic E-state index is 0.577. The topological polar surface area (TPSA) is 43.6 Å². The highest BCUT2D eigenvalue weighted by molar-refractivity contribution is 7.26. The first-order valence-corrected chi connectivity index (χ1v) is 19.6. The maximum absolute atomic E-state index is 5.26. The van der Waals surface area contributed by atoms with Crippen molar-refractivity contribution in [1.82, 2.24) is 19.5 Å². The molecule has 262 valence electrons. The minimum Gasteiger partial charge on any atom is -0.278 e. The SMILES string of the molecule is c1ccc(-c2ccc(-c3nc(-c4cccc(-c5ccccc5)c4)nc(-n4c5ccccc5c5cc(-c6cccc7c6sc6ccccc67)ccc54)n3)cc2)cc1. The number of rotatable bonds is 6. The first-order valence-electron chi connectivity index (χ1n) is 18.8. The monoisotopic (exact) mass is 732 g/mol. The van der Waals surface area contributed by atoms with Crippen LogP contribution >= 0.6 is 11.3 Å². The lowest BCUT2D eigenvalue weighted by atomic mass is 10.0. The molecule has 0 amide bonds. The summed E-state index contributed by atoms with van der Waals surface area (Å²) < 4.78 is 4.81. The Bertz CT molecular complexity index is 3240. The second-order valence-electron chi connectivity index (χ2n) is 14.0. The zero-order chi connectivity index (χ0) is 37.0. The van der Waals surface area contributed by atoms with E-state index in [0.29, 0.717) is 17.6 Å². The lowest BCUT2D eigenvalue weighted by Crippen LogP contribution is -2.06. The van der Waals surface area contributed by atoms with Gasteiger partial charge in [-0.15, -0.1) is 11.3 Å². The molecule has 0 aliphatic heterocycles. The summed E-state index contributed by atoms with van der Waals surface area (Å²) in [7, 11) is 0. The van der Waals surface area contributed by atoms with Crippen LogP contribution in [0.2, 0.25) is 0 Å². The average Bonchev–Trinajstić information content (AvgIpc) is 3.83. The van der Waals surface area contributed by atoms with E-state index in [-0.39, 0.29) is 0 Å². The van der Waals surface area contributed by atoms with Gasteiger partial charge in [0, 0.05) is 42.1 Å². The number of thiophene rings is 1. The summed E-state index contributed by atoms with van der Waals surface area (Å²) in [6.45, 7) is 0. The van der Waals surface area contributed by atoms with Gasteiger partial charge in [-0.25, -0.2) is 4.98 Å². The lowest BCUT2D eigenvalue weighted by molar-refractivity contribution is 0.953. The number of hydrogen-bond donors (Lipinski definition) is 0. The first kappa shape index (κ1) is 32.2. The van der Waals surface area contributed by atoms with Gasteiger partial charge >= 0.3 is 0 Å². The smallest absolute Gasteiger partial charge is 0.238 e. The van der Waals surface area contributed by atoms with E-state index in [1.807, 2.05) is 23.5 Å². The summed E-state index contributed by atoms with van der Waals surface area (Å²) in [5.74, 6) is 1.82. The maximum Gasteiger partial charge on any atom is 0.238 e. The fourth-order valence-electron chi connectivity index (χ4n) is 7.96. The third kappa shape index (κ3) is 5.48. The van der Waals surface area contributed by atoms with E-state index >= 15 is 0 Å². The minimum atomic E-state index is 0.577. The zero-order valence-corrected chi connectivity index (χ0v) is 31.0. The van der Waals surface area contributed by atoms with Crippen molar-refractivity contribution in [1.29, 1.82) is 0 Å². The summed E-state index contributed by atoms with van der Waals surface area (Å²) in [5.41, 5.74) is 10.9. The summed E-state index contributed by atoms with van der Waals surface area (Å²) in [6, 6.07) is 68.5. The second-order valence-corrected chi connectivity index (χ2v) is 15.1. The fraction of sp³-hybridized carbons (Fsp3) is 0. The van der Waals surface area contributed by atoms with Crippen molar-refractivity contribution in [2.45, 2.75) is 0 Å². The number of hydrogen-bond acceptors (Lipinski definition) is 4. The van der Waals surface area contributed by atoms with Crippen molar-refractivity contribution < 1.29 is 0 Å². The number of nitrogens with zero attached hydrogens (tertiary/aromatic N) is 4. The second kappa shape index (κ2) is 13.3. The highest BCUT2D eigenvalue weighted by Gasteiger charge is 2.19. The van der Waals surface area contributed by atoms with Crippen molar-refractivity contribution in [2.75, 3.05) is 0 Å². The van der Waals surface area contributed by atoms with Crippen molar-refractivity contribution in [2.24, 2.45) is 0 Å². The highest BCUT2D eigenvalue weighted by Crippen LogP contribution is 2.42. The van der Waals surface area contributed by atoms with Crippen LogP contribution in [0, 0.1) is 0 Å². The van der Waals surface area contributed by atoms with Gasteiger partial charge < -0.3 is 0 Å². The molecular weight excluding hydrogens is 701 g/mol. The van der Waals surface area contributed by atoms with Crippen LogP contribution in [0.4, 0.5) is 0 Å².